The Bertz CT molecular complexity index is 990. The summed E-state index contributed by atoms with van der Waals surface area (Å²) in [5, 5.41) is 3.49. The standard InChI is InChI=1S/C23H27ClN4O3/c1-23(2,3)31-22(30)28-9-5-7-20(28)18-11-16(24)10-15-13-27(14-19(15)18)21(29)26-17-6-4-8-25-12-17/h4,6,8,10-12,20H,5,7,9,13-14H2,1-3H3,(H,26,29)/t20-/m0/s1. The number of nitrogens with zero attached hydrogens (tertiary/aromatic N) is 3. The number of hydrogen-bond donors (Lipinski definition) is 1. The first-order valence-electron chi connectivity index (χ1n) is 10.5. The van der Waals surface area contributed by atoms with Gasteiger partial charge in [-0.1, -0.05) is 11.6 Å². The van der Waals surface area contributed by atoms with E-state index in [2.05, 4.69) is 10.3 Å². The van der Waals surface area contributed by atoms with Crippen LogP contribution in [0.5, 0.6) is 0 Å². The van der Waals surface area contributed by atoms with Crippen LogP contribution in [0.2, 0.25) is 5.02 Å². The predicted octanol–water partition coefficient (Wildman–Crippen LogP) is 5.35. The normalized spacial score (nSPS) is 18.1. The Kier molecular flexibility index (Phi) is 5.79. The molecule has 0 spiro atoms. The lowest BCUT2D eigenvalue weighted by Crippen LogP contribution is -2.36. The fourth-order valence-electron chi connectivity index (χ4n) is 4.21. The summed E-state index contributed by atoms with van der Waals surface area (Å²) in [6.07, 6.45) is 4.70. The van der Waals surface area contributed by atoms with Crippen LogP contribution in [-0.2, 0) is 17.8 Å². The third kappa shape index (κ3) is 4.77. The Labute approximate surface area is 187 Å². The highest BCUT2D eigenvalue weighted by atomic mass is 35.5. The zero-order valence-corrected chi connectivity index (χ0v) is 18.8. The van der Waals surface area contributed by atoms with E-state index in [1.54, 1.807) is 34.3 Å². The van der Waals surface area contributed by atoms with Crippen molar-refractivity contribution in [1.82, 2.24) is 14.8 Å². The molecule has 3 amide bonds. The molecule has 164 valence electrons. The molecule has 0 unspecified atom stereocenters. The Morgan fingerprint density at radius 1 is 1.26 bits per heavy atom. The van der Waals surface area contributed by atoms with E-state index in [4.69, 9.17) is 16.3 Å². The number of carbonyl (C=O) groups excluding carboxylic acids is 2. The molecule has 2 aliphatic rings. The van der Waals surface area contributed by atoms with Crippen molar-refractivity contribution >= 4 is 29.4 Å². The van der Waals surface area contributed by atoms with Crippen molar-refractivity contribution in [3.05, 3.63) is 58.4 Å². The van der Waals surface area contributed by atoms with Crippen molar-refractivity contribution in [1.29, 1.82) is 0 Å². The molecule has 1 saturated heterocycles. The number of fused-ring (bicyclic) bond motifs is 1. The third-order valence-corrected chi connectivity index (χ3v) is 5.71. The summed E-state index contributed by atoms with van der Waals surface area (Å²) in [5.41, 5.74) is 3.17. The molecule has 1 atom stereocenters. The summed E-state index contributed by atoms with van der Waals surface area (Å²) in [6, 6.07) is 7.11. The minimum Gasteiger partial charge on any atom is -0.444 e. The van der Waals surface area contributed by atoms with Crippen molar-refractivity contribution < 1.29 is 14.3 Å². The summed E-state index contributed by atoms with van der Waals surface area (Å²) < 4.78 is 5.62. The number of likely N-dealkylation sites (tertiary alicyclic amines) is 1. The summed E-state index contributed by atoms with van der Waals surface area (Å²) in [7, 11) is 0. The summed E-state index contributed by atoms with van der Waals surface area (Å²) in [5.74, 6) is 0. The van der Waals surface area contributed by atoms with Gasteiger partial charge in [0.25, 0.3) is 0 Å². The number of aromatic nitrogens is 1. The van der Waals surface area contributed by atoms with Gasteiger partial charge in [-0.2, -0.15) is 0 Å². The quantitative estimate of drug-likeness (QED) is 0.679. The maximum absolute atomic E-state index is 12.8. The fraction of sp³-hybridized carbons (Fsp3) is 0.435. The van der Waals surface area contributed by atoms with Crippen molar-refractivity contribution in [3.8, 4) is 0 Å². The van der Waals surface area contributed by atoms with E-state index in [-0.39, 0.29) is 18.2 Å². The van der Waals surface area contributed by atoms with E-state index < -0.39 is 5.60 Å². The van der Waals surface area contributed by atoms with Gasteiger partial charge in [0.1, 0.15) is 5.60 Å². The fourth-order valence-corrected chi connectivity index (χ4v) is 4.46. The molecule has 3 heterocycles. The van der Waals surface area contributed by atoms with E-state index in [0.29, 0.717) is 30.3 Å². The monoisotopic (exact) mass is 442 g/mol. The Hall–Kier alpha value is -2.80. The van der Waals surface area contributed by atoms with Crippen molar-refractivity contribution in [2.75, 3.05) is 11.9 Å². The van der Waals surface area contributed by atoms with E-state index >= 15 is 0 Å². The smallest absolute Gasteiger partial charge is 0.410 e. The van der Waals surface area contributed by atoms with Gasteiger partial charge in [0.15, 0.2) is 0 Å². The average molecular weight is 443 g/mol. The molecule has 31 heavy (non-hydrogen) atoms. The third-order valence-electron chi connectivity index (χ3n) is 5.49. The van der Waals surface area contributed by atoms with E-state index in [1.807, 2.05) is 32.9 Å². The highest BCUT2D eigenvalue weighted by Gasteiger charge is 2.37. The summed E-state index contributed by atoms with van der Waals surface area (Å²) >= 11 is 6.44. The van der Waals surface area contributed by atoms with Gasteiger partial charge in [-0.15, -0.1) is 0 Å². The van der Waals surface area contributed by atoms with Crippen molar-refractivity contribution in [2.24, 2.45) is 0 Å². The number of halogens is 1. The number of rotatable bonds is 2. The lowest BCUT2D eigenvalue weighted by molar-refractivity contribution is 0.0223. The first-order chi connectivity index (χ1) is 14.7. The SMILES string of the molecule is CC(C)(C)OC(=O)N1CCC[C@H]1c1cc(Cl)cc2c1CN(C(=O)Nc1cccnc1)C2. The molecule has 7 nitrogen and oxygen atoms in total. The molecule has 0 saturated carbocycles. The maximum Gasteiger partial charge on any atom is 0.410 e. The maximum atomic E-state index is 12.8. The second-order valence-corrected chi connectivity index (χ2v) is 9.43. The van der Waals surface area contributed by atoms with Crippen LogP contribution in [0.25, 0.3) is 0 Å². The van der Waals surface area contributed by atoms with Crippen LogP contribution in [0.4, 0.5) is 15.3 Å². The van der Waals surface area contributed by atoms with Crippen LogP contribution in [0.1, 0.15) is 56.3 Å². The van der Waals surface area contributed by atoms with Crippen LogP contribution in [0.15, 0.2) is 36.7 Å². The Morgan fingerprint density at radius 3 is 2.77 bits per heavy atom. The van der Waals surface area contributed by atoms with Gasteiger partial charge in [0.2, 0.25) is 0 Å². The summed E-state index contributed by atoms with van der Waals surface area (Å²) in [4.78, 5) is 33.2. The van der Waals surface area contributed by atoms with Crippen molar-refractivity contribution in [2.45, 2.75) is 58.3 Å². The molecule has 4 rings (SSSR count). The first kappa shape index (κ1) is 21.4. The second-order valence-electron chi connectivity index (χ2n) is 8.99. The highest BCUT2D eigenvalue weighted by molar-refractivity contribution is 6.30. The van der Waals surface area contributed by atoms with Crippen LogP contribution in [-0.4, -0.2) is 39.1 Å². The lowest BCUT2D eigenvalue weighted by Gasteiger charge is -2.30. The largest absolute Gasteiger partial charge is 0.444 e. The molecule has 0 bridgehead atoms. The first-order valence-corrected chi connectivity index (χ1v) is 10.9. The van der Waals surface area contributed by atoms with E-state index in [0.717, 1.165) is 29.5 Å². The second kappa shape index (κ2) is 8.38. The molecule has 0 aliphatic carbocycles. The molecule has 1 aromatic heterocycles. The van der Waals surface area contributed by atoms with Gasteiger partial charge < -0.3 is 19.9 Å². The van der Waals surface area contributed by atoms with E-state index in [1.165, 1.54) is 0 Å². The number of amides is 3. The topological polar surface area (TPSA) is 74.8 Å². The molecule has 1 N–H and O–H groups in total. The number of benzene rings is 1. The van der Waals surface area contributed by atoms with Crippen LogP contribution in [0.3, 0.4) is 0 Å². The summed E-state index contributed by atoms with van der Waals surface area (Å²) in [6.45, 7) is 7.18. The zero-order chi connectivity index (χ0) is 22.2. The van der Waals surface area contributed by atoms with E-state index in [9.17, 15) is 9.59 Å². The number of carbonyl (C=O) groups is 2. The molecular weight excluding hydrogens is 416 g/mol. The minimum absolute atomic E-state index is 0.108. The Balaban J connectivity index is 1.56. The molecule has 2 aromatic rings. The number of anilines is 1. The predicted molar refractivity (Wildman–Crippen MR) is 119 cm³/mol. The van der Waals surface area contributed by atoms with Crippen LogP contribution in [0, 0.1) is 0 Å². The molecule has 0 radical (unpaired) electrons. The van der Waals surface area contributed by atoms with Gasteiger partial charge in [-0.05, 0) is 74.6 Å². The molecule has 8 heteroatoms. The van der Waals surface area contributed by atoms with Gasteiger partial charge in [0, 0.05) is 30.9 Å². The average Bonchev–Trinajstić information content (AvgIpc) is 3.34. The number of pyridine rings is 1. The van der Waals surface area contributed by atoms with Crippen molar-refractivity contribution in [3.63, 3.8) is 0 Å². The van der Waals surface area contributed by atoms with Gasteiger partial charge in [-0.3, -0.25) is 4.98 Å². The number of ether oxygens (including phenoxy) is 1. The molecule has 1 fully saturated rings. The number of nitrogens with one attached hydrogen (secondary N) is 1. The molecular formula is C23H27ClN4O3. The van der Waals surface area contributed by atoms with Crippen LogP contribution >= 0.6 is 11.6 Å². The number of urea groups is 1. The lowest BCUT2D eigenvalue weighted by atomic mass is 9.96. The number of hydrogen-bond acceptors (Lipinski definition) is 4. The highest BCUT2D eigenvalue weighted by Crippen LogP contribution is 2.40. The van der Waals surface area contributed by atoms with Gasteiger partial charge in [-0.25, -0.2) is 9.59 Å². The van der Waals surface area contributed by atoms with Crippen LogP contribution < -0.4 is 5.32 Å². The molecule has 2 aliphatic heterocycles. The van der Waals surface area contributed by atoms with Gasteiger partial charge >= 0.3 is 12.1 Å². The Morgan fingerprint density at radius 2 is 2.06 bits per heavy atom. The molecule has 1 aromatic carbocycles. The van der Waals surface area contributed by atoms with Gasteiger partial charge in [0.05, 0.1) is 17.9 Å². The minimum atomic E-state index is -0.554. The zero-order valence-electron chi connectivity index (χ0n) is 18.0.